The monoisotopic (exact) mass is 223 g/mol. The molecule has 0 aliphatic carbocycles. The summed E-state index contributed by atoms with van der Waals surface area (Å²) in [5.74, 6) is 0.867. The molecule has 0 spiro atoms. The van der Waals surface area contributed by atoms with E-state index in [1.807, 2.05) is 39.0 Å². The second-order valence-electron chi connectivity index (χ2n) is 4.36. The maximum Gasteiger partial charge on any atom is 0.125 e. The smallest absolute Gasteiger partial charge is 0.125 e. The highest BCUT2D eigenvalue weighted by Gasteiger charge is 2.20. The molecule has 0 amide bonds. The van der Waals surface area contributed by atoms with Gasteiger partial charge in [0.25, 0.3) is 0 Å². The van der Waals surface area contributed by atoms with Crippen LogP contribution in [0.15, 0.2) is 18.2 Å². The summed E-state index contributed by atoms with van der Waals surface area (Å²) in [6, 6.07) is 5.63. The number of aryl methyl sites for hydroxylation is 2. The average Bonchev–Trinajstić information content (AvgIpc) is 2.22. The van der Waals surface area contributed by atoms with Crippen LogP contribution in [0.2, 0.25) is 0 Å². The summed E-state index contributed by atoms with van der Waals surface area (Å²) in [5, 5.41) is 9.40. The second kappa shape index (κ2) is 5.32. The van der Waals surface area contributed by atoms with Crippen LogP contribution in [0.25, 0.3) is 0 Å². The summed E-state index contributed by atoms with van der Waals surface area (Å²) in [6.45, 7) is 7.56. The van der Waals surface area contributed by atoms with E-state index in [0.29, 0.717) is 0 Å². The number of benzene rings is 1. The number of aliphatic hydroxyl groups is 1. The van der Waals surface area contributed by atoms with E-state index in [-0.39, 0.29) is 12.1 Å². The van der Waals surface area contributed by atoms with Crippen molar-refractivity contribution in [1.29, 1.82) is 0 Å². The number of hydrogen-bond donors (Lipinski definition) is 2. The molecule has 0 bridgehead atoms. The SMILES string of the molecule is Cc1cccc(C)c1OC(C)C(N)C(C)O. The van der Waals surface area contributed by atoms with Gasteiger partial charge in [0, 0.05) is 0 Å². The molecule has 16 heavy (non-hydrogen) atoms. The fourth-order valence-electron chi connectivity index (χ4n) is 1.64. The van der Waals surface area contributed by atoms with Gasteiger partial charge in [-0.25, -0.2) is 0 Å². The van der Waals surface area contributed by atoms with Gasteiger partial charge in [-0.2, -0.15) is 0 Å². The molecule has 1 aromatic rings. The summed E-state index contributed by atoms with van der Waals surface area (Å²) in [7, 11) is 0. The maximum absolute atomic E-state index is 9.40. The number of ether oxygens (including phenoxy) is 1. The Morgan fingerprint density at radius 2 is 1.69 bits per heavy atom. The third-order valence-corrected chi connectivity index (χ3v) is 2.81. The van der Waals surface area contributed by atoms with Crippen molar-refractivity contribution in [3.05, 3.63) is 29.3 Å². The first-order valence-electron chi connectivity index (χ1n) is 5.60. The lowest BCUT2D eigenvalue weighted by molar-refractivity contribution is 0.0885. The molecule has 90 valence electrons. The molecule has 0 fully saturated rings. The number of para-hydroxylation sites is 1. The average molecular weight is 223 g/mol. The third-order valence-electron chi connectivity index (χ3n) is 2.81. The number of nitrogens with two attached hydrogens (primary N) is 1. The molecule has 3 nitrogen and oxygen atoms in total. The predicted molar refractivity (Wildman–Crippen MR) is 65.7 cm³/mol. The van der Waals surface area contributed by atoms with E-state index in [0.717, 1.165) is 16.9 Å². The van der Waals surface area contributed by atoms with Gasteiger partial charge >= 0.3 is 0 Å². The quantitative estimate of drug-likeness (QED) is 0.818. The highest BCUT2D eigenvalue weighted by molar-refractivity contribution is 5.39. The van der Waals surface area contributed by atoms with Crippen molar-refractivity contribution in [3.8, 4) is 5.75 Å². The molecule has 0 heterocycles. The van der Waals surface area contributed by atoms with Gasteiger partial charge in [-0.05, 0) is 38.8 Å². The maximum atomic E-state index is 9.40. The van der Waals surface area contributed by atoms with Gasteiger partial charge in [-0.3, -0.25) is 0 Å². The van der Waals surface area contributed by atoms with E-state index < -0.39 is 6.10 Å². The first kappa shape index (κ1) is 13.0. The van der Waals surface area contributed by atoms with E-state index in [1.165, 1.54) is 0 Å². The first-order valence-corrected chi connectivity index (χ1v) is 5.60. The van der Waals surface area contributed by atoms with Crippen LogP contribution >= 0.6 is 0 Å². The molecule has 3 N–H and O–H groups in total. The minimum absolute atomic E-state index is 0.209. The normalized spacial score (nSPS) is 16.6. The van der Waals surface area contributed by atoms with Gasteiger partial charge in [0.05, 0.1) is 12.1 Å². The molecule has 3 heteroatoms. The molecule has 0 radical (unpaired) electrons. The summed E-state index contributed by atoms with van der Waals surface area (Å²) < 4.78 is 5.81. The summed E-state index contributed by atoms with van der Waals surface area (Å²) >= 11 is 0. The van der Waals surface area contributed by atoms with Gasteiger partial charge in [-0.1, -0.05) is 18.2 Å². The lowest BCUT2D eigenvalue weighted by Crippen LogP contribution is -2.44. The lowest BCUT2D eigenvalue weighted by atomic mass is 10.1. The summed E-state index contributed by atoms with van der Waals surface area (Å²) in [5.41, 5.74) is 8.01. The number of rotatable bonds is 4. The van der Waals surface area contributed by atoms with Crippen LogP contribution < -0.4 is 10.5 Å². The Bertz CT molecular complexity index is 330. The fourth-order valence-corrected chi connectivity index (χ4v) is 1.64. The molecule has 1 aromatic carbocycles. The van der Waals surface area contributed by atoms with Crippen molar-refractivity contribution in [1.82, 2.24) is 0 Å². The fraction of sp³-hybridized carbons (Fsp3) is 0.538. The zero-order valence-electron chi connectivity index (χ0n) is 10.4. The van der Waals surface area contributed by atoms with Crippen LogP contribution in [0.5, 0.6) is 5.75 Å². The predicted octanol–water partition coefficient (Wildman–Crippen LogP) is 1.78. The molecule has 3 atom stereocenters. The minimum atomic E-state index is -0.570. The summed E-state index contributed by atoms with van der Waals surface area (Å²) in [6.07, 6.45) is -0.779. The largest absolute Gasteiger partial charge is 0.488 e. The Balaban J connectivity index is 2.80. The van der Waals surface area contributed by atoms with Gasteiger partial charge in [0.2, 0.25) is 0 Å². The van der Waals surface area contributed by atoms with Crippen molar-refractivity contribution in [2.24, 2.45) is 5.73 Å². The Morgan fingerprint density at radius 3 is 2.12 bits per heavy atom. The molecular formula is C13H21NO2. The highest BCUT2D eigenvalue weighted by Crippen LogP contribution is 2.24. The van der Waals surface area contributed by atoms with Gasteiger partial charge in [0.15, 0.2) is 0 Å². The minimum Gasteiger partial charge on any atom is -0.488 e. The molecule has 3 unspecified atom stereocenters. The van der Waals surface area contributed by atoms with Gasteiger partial charge < -0.3 is 15.6 Å². The van der Waals surface area contributed by atoms with Crippen LogP contribution in [-0.2, 0) is 0 Å². The van der Waals surface area contributed by atoms with E-state index >= 15 is 0 Å². The Morgan fingerprint density at radius 1 is 1.19 bits per heavy atom. The second-order valence-corrected chi connectivity index (χ2v) is 4.36. The Labute approximate surface area is 97.2 Å². The van der Waals surface area contributed by atoms with E-state index in [4.69, 9.17) is 10.5 Å². The van der Waals surface area contributed by atoms with Crippen LogP contribution in [0.4, 0.5) is 0 Å². The Hall–Kier alpha value is -1.06. The van der Waals surface area contributed by atoms with Crippen LogP contribution in [-0.4, -0.2) is 23.4 Å². The molecule has 0 aliphatic rings. The first-order chi connectivity index (χ1) is 7.43. The van der Waals surface area contributed by atoms with Gasteiger partial charge in [0.1, 0.15) is 11.9 Å². The number of aliphatic hydroxyl groups excluding tert-OH is 1. The molecule has 0 aliphatic heterocycles. The Kier molecular flexibility index (Phi) is 4.33. The van der Waals surface area contributed by atoms with Crippen molar-refractivity contribution < 1.29 is 9.84 Å². The van der Waals surface area contributed by atoms with E-state index in [9.17, 15) is 5.11 Å². The number of hydrogen-bond acceptors (Lipinski definition) is 3. The van der Waals surface area contributed by atoms with Gasteiger partial charge in [-0.15, -0.1) is 0 Å². The van der Waals surface area contributed by atoms with Crippen molar-refractivity contribution in [3.63, 3.8) is 0 Å². The third kappa shape index (κ3) is 2.97. The molecule has 0 saturated heterocycles. The zero-order chi connectivity index (χ0) is 12.3. The lowest BCUT2D eigenvalue weighted by Gasteiger charge is -2.25. The standard InChI is InChI=1S/C13H21NO2/c1-8-6-5-7-9(2)13(8)16-11(4)12(14)10(3)15/h5-7,10-12,15H,14H2,1-4H3. The summed E-state index contributed by atoms with van der Waals surface area (Å²) in [4.78, 5) is 0. The van der Waals surface area contributed by atoms with Crippen molar-refractivity contribution in [2.75, 3.05) is 0 Å². The van der Waals surface area contributed by atoms with Crippen LogP contribution in [0.1, 0.15) is 25.0 Å². The molecule has 1 rings (SSSR count). The highest BCUT2D eigenvalue weighted by atomic mass is 16.5. The van der Waals surface area contributed by atoms with Crippen molar-refractivity contribution in [2.45, 2.75) is 45.9 Å². The topological polar surface area (TPSA) is 55.5 Å². The molecule has 0 saturated carbocycles. The zero-order valence-corrected chi connectivity index (χ0v) is 10.4. The van der Waals surface area contributed by atoms with E-state index in [2.05, 4.69) is 0 Å². The van der Waals surface area contributed by atoms with E-state index in [1.54, 1.807) is 6.92 Å². The van der Waals surface area contributed by atoms with Crippen LogP contribution in [0.3, 0.4) is 0 Å². The van der Waals surface area contributed by atoms with Crippen LogP contribution in [0, 0.1) is 13.8 Å². The molecular weight excluding hydrogens is 202 g/mol. The molecule has 0 aromatic heterocycles. The van der Waals surface area contributed by atoms with Crippen molar-refractivity contribution >= 4 is 0 Å².